The van der Waals surface area contributed by atoms with Gasteiger partial charge < -0.3 is 0 Å². The van der Waals surface area contributed by atoms with Crippen molar-refractivity contribution in [1.82, 2.24) is 9.13 Å². The summed E-state index contributed by atoms with van der Waals surface area (Å²) in [5.74, 6) is 3.00. The topological polar surface area (TPSA) is 17.6 Å². The molecule has 1 aliphatic carbocycles. The van der Waals surface area contributed by atoms with Crippen LogP contribution in [0.1, 0.15) is 94.4 Å². The van der Waals surface area contributed by atoms with Crippen molar-refractivity contribution in [2.45, 2.75) is 92.2 Å². The smallest absolute Gasteiger partial charge is 0.236 e. The average molecular weight is 589 g/mol. The molecule has 3 unspecified atom stereocenters. The lowest BCUT2D eigenvalue weighted by atomic mass is 9.99. The van der Waals surface area contributed by atoms with E-state index in [1.165, 1.54) is 65.9 Å². The van der Waals surface area contributed by atoms with Gasteiger partial charge in [-0.3, -0.25) is 0 Å². The van der Waals surface area contributed by atoms with Crippen LogP contribution in [0.2, 0.25) is 0 Å². The summed E-state index contributed by atoms with van der Waals surface area (Å²) in [5.41, 5.74) is 7.90. The molecule has 2 aromatic heterocycles. The molecule has 4 nitrogen and oxygen atoms in total. The molecule has 0 bridgehead atoms. The summed E-state index contributed by atoms with van der Waals surface area (Å²) in [5, 5.41) is 0. The summed E-state index contributed by atoms with van der Waals surface area (Å²) in [6.45, 7) is 15.6. The van der Waals surface area contributed by atoms with Crippen molar-refractivity contribution in [2.75, 3.05) is 0 Å². The van der Waals surface area contributed by atoms with E-state index >= 15 is 0 Å². The molecule has 0 saturated heterocycles. The lowest BCUT2D eigenvalue weighted by Gasteiger charge is -2.08. The van der Waals surface area contributed by atoms with Crippen molar-refractivity contribution in [3.8, 4) is 11.4 Å². The lowest BCUT2D eigenvalue weighted by molar-refractivity contribution is -0.702. The van der Waals surface area contributed by atoms with E-state index < -0.39 is 0 Å². The molecule has 4 heteroatoms. The molecule has 5 aromatic rings. The third kappa shape index (κ3) is 8.37. The fourth-order valence-electron chi connectivity index (χ4n) is 6.23. The Morgan fingerprint density at radius 3 is 1.84 bits per heavy atom. The molecule has 44 heavy (non-hydrogen) atoms. The molecule has 0 spiro atoms. The Bertz CT molecular complexity index is 1570. The number of imidazole rings is 2. The predicted molar refractivity (Wildman–Crippen MR) is 182 cm³/mol. The summed E-state index contributed by atoms with van der Waals surface area (Å²) in [6.07, 6.45) is 18.4. The van der Waals surface area contributed by atoms with Crippen molar-refractivity contribution in [2.24, 2.45) is 11.8 Å². The highest BCUT2D eigenvalue weighted by molar-refractivity contribution is 5.36. The van der Waals surface area contributed by atoms with Crippen molar-refractivity contribution in [3.63, 3.8) is 0 Å². The summed E-state index contributed by atoms with van der Waals surface area (Å²) in [4.78, 5) is 0. The van der Waals surface area contributed by atoms with Gasteiger partial charge in [-0.1, -0.05) is 95.1 Å². The Balaban J connectivity index is 0.000000175. The fraction of sp³-hybridized carbons (Fsp3) is 0.400. The van der Waals surface area contributed by atoms with Crippen LogP contribution in [0.3, 0.4) is 0 Å². The van der Waals surface area contributed by atoms with Gasteiger partial charge in [0.15, 0.2) is 0 Å². The van der Waals surface area contributed by atoms with E-state index in [9.17, 15) is 0 Å². The molecule has 0 aliphatic heterocycles. The Hall–Kier alpha value is -3.92. The van der Waals surface area contributed by atoms with Crippen molar-refractivity contribution in [1.29, 1.82) is 0 Å². The number of hydrogen-bond donors (Lipinski definition) is 0. The Labute approximate surface area is 265 Å². The first-order chi connectivity index (χ1) is 21.3. The van der Waals surface area contributed by atoms with Crippen LogP contribution in [0.25, 0.3) is 11.4 Å². The van der Waals surface area contributed by atoms with Crippen LogP contribution in [-0.2, 0) is 13.1 Å². The van der Waals surface area contributed by atoms with Crippen LogP contribution in [0, 0.1) is 18.8 Å². The summed E-state index contributed by atoms with van der Waals surface area (Å²) >= 11 is 0. The molecule has 230 valence electrons. The third-order valence-electron chi connectivity index (χ3n) is 9.37. The van der Waals surface area contributed by atoms with Gasteiger partial charge in [0.1, 0.15) is 42.7 Å². The van der Waals surface area contributed by atoms with Crippen LogP contribution in [-0.4, -0.2) is 9.13 Å². The van der Waals surface area contributed by atoms with Gasteiger partial charge in [0, 0.05) is 0 Å². The van der Waals surface area contributed by atoms with Gasteiger partial charge in [-0.2, -0.15) is 0 Å². The number of hydrogen-bond acceptors (Lipinski definition) is 0. The fourth-order valence-corrected chi connectivity index (χ4v) is 6.23. The molecular formula is C40H52N4+2. The van der Waals surface area contributed by atoms with E-state index in [4.69, 9.17) is 0 Å². The van der Waals surface area contributed by atoms with Crippen LogP contribution < -0.4 is 9.13 Å². The van der Waals surface area contributed by atoms with Crippen molar-refractivity contribution in [3.05, 3.63) is 132 Å². The predicted octanol–water partition coefficient (Wildman–Crippen LogP) is 8.96. The minimum absolute atomic E-state index is 0.595. The quantitative estimate of drug-likeness (QED) is 0.153. The maximum Gasteiger partial charge on any atom is 0.249 e. The third-order valence-corrected chi connectivity index (χ3v) is 9.37. The molecule has 1 saturated carbocycles. The van der Waals surface area contributed by atoms with Crippen molar-refractivity contribution >= 4 is 0 Å². The number of nitrogens with zero attached hydrogens (tertiary/aromatic N) is 4. The normalized spacial score (nSPS) is 17.0. The second-order valence-electron chi connectivity index (χ2n) is 13.4. The number of aryl methyl sites for hydroxylation is 1. The molecule has 0 N–H and O–H groups in total. The number of benzene rings is 3. The van der Waals surface area contributed by atoms with Gasteiger partial charge in [0.2, 0.25) is 12.7 Å². The molecule has 1 aliphatic rings. The monoisotopic (exact) mass is 588 g/mol. The van der Waals surface area contributed by atoms with Gasteiger partial charge in [0.05, 0.1) is 6.54 Å². The first-order valence-corrected chi connectivity index (χ1v) is 16.7. The first kappa shape index (κ1) is 31.5. The van der Waals surface area contributed by atoms with Gasteiger partial charge >= 0.3 is 0 Å². The SMILES string of the molecule is CC1CCC(C[n+]2ccn(-c3ccc(C(C)C)cc3)c2)C1.CCC(C)c1ccc(-n2cc[n+](Cc3ccc(C)cc3)c2)cc1. The van der Waals surface area contributed by atoms with E-state index in [1.54, 1.807) is 0 Å². The van der Waals surface area contributed by atoms with Gasteiger partial charge in [0.25, 0.3) is 0 Å². The lowest BCUT2D eigenvalue weighted by Crippen LogP contribution is -2.34. The van der Waals surface area contributed by atoms with Crippen LogP contribution >= 0.6 is 0 Å². The second kappa shape index (κ2) is 14.7. The highest BCUT2D eigenvalue weighted by Crippen LogP contribution is 2.30. The Morgan fingerprint density at radius 1 is 0.727 bits per heavy atom. The largest absolute Gasteiger partial charge is 0.249 e. The van der Waals surface area contributed by atoms with Gasteiger partial charge in [-0.25, -0.2) is 18.3 Å². The number of aromatic nitrogens is 4. The van der Waals surface area contributed by atoms with E-state index in [1.807, 2.05) is 0 Å². The zero-order valence-electron chi connectivity index (χ0n) is 27.7. The minimum Gasteiger partial charge on any atom is -0.236 e. The highest BCUT2D eigenvalue weighted by atomic mass is 15.1. The minimum atomic E-state index is 0.595. The second-order valence-corrected chi connectivity index (χ2v) is 13.4. The zero-order chi connectivity index (χ0) is 31.1. The highest BCUT2D eigenvalue weighted by Gasteiger charge is 2.23. The van der Waals surface area contributed by atoms with E-state index in [-0.39, 0.29) is 0 Å². The van der Waals surface area contributed by atoms with E-state index in [0.717, 1.165) is 18.4 Å². The van der Waals surface area contributed by atoms with Crippen molar-refractivity contribution < 1.29 is 9.13 Å². The molecule has 0 radical (unpaired) electrons. The summed E-state index contributed by atoms with van der Waals surface area (Å²) < 4.78 is 8.96. The van der Waals surface area contributed by atoms with Crippen LogP contribution in [0.4, 0.5) is 0 Å². The molecule has 6 rings (SSSR count). The zero-order valence-corrected chi connectivity index (χ0v) is 27.7. The van der Waals surface area contributed by atoms with E-state index in [0.29, 0.717) is 11.8 Å². The maximum atomic E-state index is 2.38. The number of rotatable bonds is 9. The first-order valence-electron chi connectivity index (χ1n) is 16.7. The average Bonchev–Trinajstić information content (AvgIpc) is 3.80. The summed E-state index contributed by atoms with van der Waals surface area (Å²) in [6, 6.07) is 26.5. The van der Waals surface area contributed by atoms with Gasteiger partial charge in [-0.05, 0) is 90.8 Å². The van der Waals surface area contributed by atoms with E-state index in [2.05, 4.69) is 170 Å². The molecule has 3 atom stereocenters. The summed E-state index contributed by atoms with van der Waals surface area (Å²) in [7, 11) is 0. The standard InChI is InChI=1S/C21H25N2.C19H27N2/c1-4-18(3)20-9-11-21(12-10-20)23-14-13-22(16-23)15-19-7-5-17(2)6-8-19;1-15(2)18-6-8-19(9-7-18)21-11-10-20(14-21)13-17-5-4-16(3)12-17/h5-14,16,18H,4,15H2,1-3H3;6-11,14-17H,4-5,12-13H2,1-3H3/q2*+1. The molecule has 1 fully saturated rings. The Morgan fingerprint density at radius 2 is 1.30 bits per heavy atom. The molecular weight excluding hydrogens is 536 g/mol. The molecule has 2 heterocycles. The Kier molecular flexibility index (Phi) is 10.5. The molecule has 0 amide bonds. The van der Waals surface area contributed by atoms with Gasteiger partial charge in [-0.15, -0.1) is 0 Å². The molecule has 3 aromatic carbocycles. The van der Waals surface area contributed by atoms with Crippen LogP contribution in [0.5, 0.6) is 0 Å². The maximum absolute atomic E-state index is 2.38. The van der Waals surface area contributed by atoms with Crippen LogP contribution in [0.15, 0.2) is 110 Å².